The first-order valence-corrected chi connectivity index (χ1v) is 11.4. The van der Waals surface area contributed by atoms with Crippen molar-refractivity contribution in [3.8, 4) is 0 Å². The molecule has 1 aromatic rings. The minimum atomic E-state index is -0.482. The molecule has 2 rings (SSSR count). The van der Waals surface area contributed by atoms with Gasteiger partial charge in [-0.25, -0.2) is 4.79 Å². The fourth-order valence-electron chi connectivity index (χ4n) is 3.85. The molecule has 1 heterocycles. The van der Waals surface area contributed by atoms with Crippen molar-refractivity contribution in [2.24, 2.45) is 11.8 Å². The summed E-state index contributed by atoms with van der Waals surface area (Å²) in [5.74, 6) is 1.17. The van der Waals surface area contributed by atoms with Crippen molar-refractivity contribution in [3.05, 3.63) is 20.8 Å². The lowest BCUT2D eigenvalue weighted by Crippen LogP contribution is -2.50. The number of hydrogen-bond acceptors (Lipinski definition) is 4. The Kier molecular flexibility index (Phi) is 8.74. The van der Waals surface area contributed by atoms with Crippen LogP contribution in [0.4, 0.5) is 11.5 Å². The number of aromatic amines is 1. The summed E-state index contributed by atoms with van der Waals surface area (Å²) in [6.07, 6.45) is 7.27. The second kappa shape index (κ2) is 10.8. The van der Waals surface area contributed by atoms with Crippen LogP contribution in [0.25, 0.3) is 0 Å². The summed E-state index contributed by atoms with van der Waals surface area (Å²) in [4.78, 5) is 29.3. The van der Waals surface area contributed by atoms with Gasteiger partial charge < -0.3 is 16.0 Å². The van der Waals surface area contributed by atoms with Crippen LogP contribution < -0.4 is 27.2 Å². The molecular weight excluding hydrogens is 386 g/mol. The highest BCUT2D eigenvalue weighted by molar-refractivity contribution is 7.80. The predicted octanol–water partition coefficient (Wildman–Crippen LogP) is 3.22. The molecule has 0 bridgehead atoms. The third kappa shape index (κ3) is 6.07. The highest BCUT2D eigenvalue weighted by atomic mass is 32.1. The zero-order valence-corrected chi connectivity index (χ0v) is 19.1. The zero-order chi connectivity index (χ0) is 21.6. The average Bonchev–Trinajstić information content (AvgIpc) is 2.65. The molecule has 0 aromatic carbocycles. The number of unbranched alkanes of at least 4 members (excludes halogenated alkanes) is 1. The van der Waals surface area contributed by atoms with Crippen LogP contribution in [0.1, 0.15) is 72.6 Å². The van der Waals surface area contributed by atoms with E-state index in [-0.39, 0.29) is 11.5 Å². The maximum atomic E-state index is 12.8. The molecule has 29 heavy (non-hydrogen) atoms. The predicted molar refractivity (Wildman–Crippen MR) is 125 cm³/mol. The number of hydrogen-bond donors (Lipinski definition) is 3. The van der Waals surface area contributed by atoms with E-state index in [9.17, 15) is 9.59 Å². The molecule has 7 nitrogen and oxygen atoms in total. The van der Waals surface area contributed by atoms with E-state index in [0.29, 0.717) is 36.1 Å². The van der Waals surface area contributed by atoms with Gasteiger partial charge in [0.1, 0.15) is 5.82 Å². The summed E-state index contributed by atoms with van der Waals surface area (Å²) in [6.45, 7) is 9.60. The Morgan fingerprint density at radius 2 is 2.03 bits per heavy atom. The Labute approximate surface area is 179 Å². The molecule has 164 valence electrons. The minimum absolute atomic E-state index is 0.191. The number of anilines is 2. The van der Waals surface area contributed by atoms with Gasteiger partial charge in [0.15, 0.2) is 10.8 Å². The Morgan fingerprint density at radius 1 is 1.34 bits per heavy atom. The molecule has 1 aromatic heterocycles. The number of nitrogens with two attached hydrogens (primary N) is 1. The Bertz CT molecular complexity index is 801. The second-order valence-corrected chi connectivity index (χ2v) is 9.04. The smallest absolute Gasteiger partial charge is 0.330 e. The molecule has 0 unspecified atom stereocenters. The van der Waals surface area contributed by atoms with Crippen LogP contribution >= 0.6 is 12.2 Å². The van der Waals surface area contributed by atoms with E-state index in [1.807, 2.05) is 6.92 Å². The van der Waals surface area contributed by atoms with Crippen molar-refractivity contribution >= 4 is 28.8 Å². The van der Waals surface area contributed by atoms with Crippen LogP contribution in [0.15, 0.2) is 9.59 Å². The lowest BCUT2D eigenvalue weighted by Gasteiger charge is -2.34. The van der Waals surface area contributed by atoms with Gasteiger partial charge in [-0.15, -0.1) is 0 Å². The largest absolute Gasteiger partial charge is 0.383 e. The molecule has 1 saturated carbocycles. The van der Waals surface area contributed by atoms with E-state index < -0.39 is 11.2 Å². The first-order valence-electron chi connectivity index (χ1n) is 11.0. The van der Waals surface area contributed by atoms with Gasteiger partial charge in [0.05, 0.1) is 0 Å². The third-order valence-corrected chi connectivity index (χ3v) is 6.15. The van der Waals surface area contributed by atoms with Gasteiger partial charge >= 0.3 is 5.69 Å². The summed E-state index contributed by atoms with van der Waals surface area (Å²) in [6, 6.07) is 0.295. The van der Waals surface area contributed by atoms with Gasteiger partial charge in [0, 0.05) is 19.1 Å². The third-order valence-electron chi connectivity index (χ3n) is 5.81. The van der Waals surface area contributed by atoms with Gasteiger partial charge in [-0.2, -0.15) is 0 Å². The summed E-state index contributed by atoms with van der Waals surface area (Å²) in [7, 11) is 0. The van der Waals surface area contributed by atoms with Gasteiger partial charge in [0.25, 0.3) is 5.56 Å². The van der Waals surface area contributed by atoms with Crippen LogP contribution in [0, 0.1) is 11.8 Å². The topological polar surface area (TPSA) is 96.2 Å². The molecule has 0 saturated heterocycles. The number of nitrogens with one attached hydrogen (secondary N) is 2. The summed E-state index contributed by atoms with van der Waals surface area (Å²) < 4.78 is 1.45. The first-order chi connectivity index (χ1) is 13.8. The molecule has 0 amide bonds. The molecule has 4 N–H and O–H groups in total. The maximum Gasteiger partial charge on any atom is 0.330 e. The lowest BCUT2D eigenvalue weighted by molar-refractivity contribution is 0.309. The molecule has 1 fully saturated rings. The van der Waals surface area contributed by atoms with Gasteiger partial charge in [-0.05, 0) is 49.7 Å². The minimum Gasteiger partial charge on any atom is -0.383 e. The standard InChI is InChI=1S/C21H37N5O2S/c1-5-6-12-26-18(22)17(19(27)24-20(26)28)25(13-11-14(2)3)21(29)23-16-10-8-7-9-15(16)4/h14-16H,5-13,22H2,1-4H3,(H,23,29)(H,24,27,28)/t15-,16-/m1/s1. The van der Waals surface area contributed by atoms with Gasteiger partial charge in [0.2, 0.25) is 0 Å². The Hall–Kier alpha value is -1.83. The van der Waals surface area contributed by atoms with E-state index >= 15 is 0 Å². The van der Waals surface area contributed by atoms with E-state index in [4.69, 9.17) is 18.0 Å². The fraction of sp³-hybridized carbons (Fsp3) is 0.762. The number of nitrogens with zero attached hydrogens (tertiary/aromatic N) is 2. The number of aromatic nitrogens is 2. The van der Waals surface area contributed by atoms with Crippen molar-refractivity contribution in [2.45, 2.75) is 85.2 Å². The quantitative estimate of drug-likeness (QED) is 0.556. The zero-order valence-electron chi connectivity index (χ0n) is 18.3. The number of rotatable bonds is 8. The maximum absolute atomic E-state index is 12.8. The Balaban J connectivity index is 2.39. The highest BCUT2D eigenvalue weighted by Gasteiger charge is 2.26. The highest BCUT2D eigenvalue weighted by Crippen LogP contribution is 2.25. The monoisotopic (exact) mass is 423 g/mol. The molecule has 0 aliphatic heterocycles. The van der Waals surface area contributed by atoms with Crippen molar-refractivity contribution in [1.29, 1.82) is 0 Å². The van der Waals surface area contributed by atoms with E-state index in [2.05, 4.69) is 31.1 Å². The van der Waals surface area contributed by atoms with Crippen molar-refractivity contribution in [1.82, 2.24) is 14.9 Å². The van der Waals surface area contributed by atoms with E-state index in [1.54, 1.807) is 4.90 Å². The molecule has 8 heteroatoms. The van der Waals surface area contributed by atoms with Crippen LogP contribution in [-0.4, -0.2) is 27.3 Å². The second-order valence-electron chi connectivity index (χ2n) is 8.65. The summed E-state index contributed by atoms with van der Waals surface area (Å²) in [5.41, 5.74) is 5.68. The lowest BCUT2D eigenvalue weighted by atomic mass is 9.86. The molecular formula is C21H37N5O2S. The van der Waals surface area contributed by atoms with Crippen LogP contribution in [-0.2, 0) is 6.54 Å². The molecule has 0 radical (unpaired) electrons. The summed E-state index contributed by atoms with van der Waals surface area (Å²) >= 11 is 5.75. The van der Waals surface area contributed by atoms with E-state index in [1.165, 1.54) is 23.8 Å². The average molecular weight is 424 g/mol. The normalized spacial score (nSPS) is 19.3. The number of nitrogen functional groups attached to an aromatic ring is 1. The SMILES string of the molecule is CCCCn1c(N)c(N(CCC(C)C)C(=S)N[C@@H]2CCCC[C@H]2C)c(=O)[nH]c1=O. The molecule has 1 aliphatic rings. The van der Waals surface area contributed by atoms with Crippen LogP contribution in [0.5, 0.6) is 0 Å². The van der Waals surface area contributed by atoms with Gasteiger partial charge in [-0.1, -0.05) is 47.0 Å². The van der Waals surface area contributed by atoms with Crippen LogP contribution in [0.2, 0.25) is 0 Å². The van der Waals surface area contributed by atoms with Crippen molar-refractivity contribution in [3.63, 3.8) is 0 Å². The fourth-order valence-corrected chi connectivity index (χ4v) is 4.18. The van der Waals surface area contributed by atoms with Crippen molar-refractivity contribution in [2.75, 3.05) is 17.2 Å². The number of thiocarbonyl (C=S) groups is 1. The number of H-pyrrole nitrogens is 1. The van der Waals surface area contributed by atoms with Gasteiger partial charge in [-0.3, -0.25) is 14.3 Å². The summed E-state index contributed by atoms with van der Waals surface area (Å²) in [5, 5.41) is 4.00. The molecule has 1 aliphatic carbocycles. The molecule has 0 spiro atoms. The van der Waals surface area contributed by atoms with E-state index in [0.717, 1.165) is 25.7 Å². The molecule has 2 atom stereocenters. The first kappa shape index (κ1) is 23.4. The van der Waals surface area contributed by atoms with Crippen molar-refractivity contribution < 1.29 is 0 Å². The Morgan fingerprint density at radius 3 is 2.66 bits per heavy atom. The van der Waals surface area contributed by atoms with Crippen LogP contribution in [0.3, 0.4) is 0 Å².